The average molecular weight is 163 g/mol. The third-order valence-electron chi connectivity index (χ3n) is 1.14. The maximum Gasteiger partial charge on any atom is 0.0478 e. The first-order valence-electron chi connectivity index (χ1n) is 4.69. The number of nitrogens with two attached hydrogens (primary N) is 1. The summed E-state index contributed by atoms with van der Waals surface area (Å²) in [5, 5.41) is 0. The molecule has 2 N–H and O–H groups in total. The molecule has 2 nitrogen and oxygen atoms in total. The van der Waals surface area contributed by atoms with E-state index in [-0.39, 0.29) is 1.43 Å². The van der Waals surface area contributed by atoms with Gasteiger partial charge < -0.3 is 10.5 Å². The first kappa shape index (κ1) is 13.5. The lowest BCUT2D eigenvalue weighted by molar-refractivity contribution is 0.130. The minimum atomic E-state index is 0. The molecule has 0 aromatic heterocycles. The largest absolute Gasteiger partial charge is 0.381 e. The second-order valence-electron chi connectivity index (χ2n) is 2.11. The number of ether oxygens (including phenoxy) is 1. The third kappa shape index (κ3) is 17.8. The van der Waals surface area contributed by atoms with Crippen LogP contribution >= 0.6 is 0 Å². The molecule has 0 aliphatic rings. The SMILES string of the molecule is CC.CCCCOCCCN.[HH]. The molecule has 0 unspecified atom stereocenters. The molecule has 0 spiro atoms. The van der Waals surface area contributed by atoms with Crippen LogP contribution in [0.2, 0.25) is 0 Å². The fourth-order valence-electron chi connectivity index (χ4n) is 0.534. The summed E-state index contributed by atoms with van der Waals surface area (Å²) in [6.45, 7) is 8.63. The van der Waals surface area contributed by atoms with Crippen molar-refractivity contribution >= 4 is 0 Å². The molecular formula is C9H25NO. The van der Waals surface area contributed by atoms with Gasteiger partial charge in [-0.3, -0.25) is 0 Å². The van der Waals surface area contributed by atoms with E-state index in [1.807, 2.05) is 13.8 Å². The summed E-state index contributed by atoms with van der Waals surface area (Å²) >= 11 is 0. The number of rotatable bonds is 6. The monoisotopic (exact) mass is 163 g/mol. The molecule has 11 heavy (non-hydrogen) atoms. The molecule has 0 aliphatic carbocycles. The van der Waals surface area contributed by atoms with E-state index in [1.165, 1.54) is 12.8 Å². The molecule has 0 bridgehead atoms. The van der Waals surface area contributed by atoms with Gasteiger partial charge in [0.1, 0.15) is 0 Å². The predicted molar refractivity (Wildman–Crippen MR) is 52.9 cm³/mol. The first-order valence-corrected chi connectivity index (χ1v) is 4.69. The molecule has 0 radical (unpaired) electrons. The Balaban J connectivity index is -0.000000249. The van der Waals surface area contributed by atoms with Crippen molar-refractivity contribution < 1.29 is 6.16 Å². The molecule has 0 saturated heterocycles. The Kier molecular flexibility index (Phi) is 20.2. The van der Waals surface area contributed by atoms with Crippen LogP contribution in [0.5, 0.6) is 0 Å². The van der Waals surface area contributed by atoms with Crippen molar-refractivity contribution in [3.8, 4) is 0 Å². The zero-order chi connectivity index (χ0) is 8.95. The van der Waals surface area contributed by atoms with Crippen LogP contribution < -0.4 is 5.73 Å². The van der Waals surface area contributed by atoms with Crippen molar-refractivity contribution in [2.75, 3.05) is 19.8 Å². The Morgan fingerprint density at radius 2 is 1.73 bits per heavy atom. The van der Waals surface area contributed by atoms with Gasteiger partial charge in [-0.15, -0.1) is 0 Å². The first-order chi connectivity index (χ1) is 5.41. The number of unbranched alkanes of at least 4 members (excludes halogenated alkanes) is 1. The van der Waals surface area contributed by atoms with Crippen molar-refractivity contribution in [1.82, 2.24) is 0 Å². The Bertz CT molecular complexity index is 47.8. The highest BCUT2D eigenvalue weighted by molar-refractivity contribution is 4.36. The summed E-state index contributed by atoms with van der Waals surface area (Å²) in [7, 11) is 0. The minimum Gasteiger partial charge on any atom is -0.381 e. The molecule has 0 aliphatic heterocycles. The molecule has 0 aromatic rings. The van der Waals surface area contributed by atoms with E-state index in [4.69, 9.17) is 10.5 Å². The van der Waals surface area contributed by atoms with Crippen molar-refractivity contribution in [3.63, 3.8) is 0 Å². The van der Waals surface area contributed by atoms with E-state index in [0.29, 0.717) is 0 Å². The lowest BCUT2D eigenvalue weighted by Crippen LogP contribution is -2.04. The summed E-state index contributed by atoms with van der Waals surface area (Å²) in [5.74, 6) is 0. The molecule has 72 valence electrons. The Hall–Kier alpha value is -0.0800. The lowest BCUT2D eigenvalue weighted by Gasteiger charge is -1.99. The van der Waals surface area contributed by atoms with Crippen LogP contribution in [-0.4, -0.2) is 19.8 Å². The quantitative estimate of drug-likeness (QED) is 0.610. The highest BCUT2D eigenvalue weighted by atomic mass is 16.5. The maximum absolute atomic E-state index is 5.26. The van der Waals surface area contributed by atoms with Crippen molar-refractivity contribution in [3.05, 3.63) is 0 Å². The fraction of sp³-hybridized carbons (Fsp3) is 1.00. The van der Waals surface area contributed by atoms with E-state index in [0.717, 1.165) is 26.2 Å². The van der Waals surface area contributed by atoms with E-state index in [1.54, 1.807) is 0 Å². The van der Waals surface area contributed by atoms with Crippen molar-refractivity contribution in [1.29, 1.82) is 0 Å². The summed E-state index contributed by atoms with van der Waals surface area (Å²) in [4.78, 5) is 0. The van der Waals surface area contributed by atoms with Gasteiger partial charge in [-0.1, -0.05) is 27.2 Å². The fourth-order valence-corrected chi connectivity index (χ4v) is 0.534. The van der Waals surface area contributed by atoms with Crippen molar-refractivity contribution in [2.24, 2.45) is 5.73 Å². The van der Waals surface area contributed by atoms with Gasteiger partial charge in [0.15, 0.2) is 0 Å². The van der Waals surface area contributed by atoms with Gasteiger partial charge in [0, 0.05) is 14.6 Å². The van der Waals surface area contributed by atoms with Gasteiger partial charge in [0.05, 0.1) is 0 Å². The van der Waals surface area contributed by atoms with Crippen LogP contribution in [0.3, 0.4) is 0 Å². The molecule has 0 fully saturated rings. The molecule has 2 heteroatoms. The van der Waals surface area contributed by atoms with Crippen LogP contribution in [0.15, 0.2) is 0 Å². The van der Waals surface area contributed by atoms with Crippen LogP contribution in [0.25, 0.3) is 0 Å². The molecule has 0 atom stereocenters. The highest BCUT2D eigenvalue weighted by Crippen LogP contribution is 1.88. The average Bonchev–Trinajstić information content (AvgIpc) is 2.08. The van der Waals surface area contributed by atoms with Crippen LogP contribution in [-0.2, 0) is 4.74 Å². The molecule has 0 aromatic carbocycles. The Morgan fingerprint density at radius 3 is 2.18 bits per heavy atom. The minimum absolute atomic E-state index is 0. The number of hydrogen-bond donors (Lipinski definition) is 1. The summed E-state index contributed by atoms with van der Waals surface area (Å²) < 4.78 is 5.23. The maximum atomic E-state index is 5.26. The standard InChI is InChI=1S/C7H17NO.C2H6.H2/c1-2-3-6-9-7-4-5-8;1-2;/h2-8H2,1H3;1-2H3;1H. The van der Waals surface area contributed by atoms with Crippen LogP contribution in [0, 0.1) is 0 Å². The number of hydrogen-bond acceptors (Lipinski definition) is 2. The van der Waals surface area contributed by atoms with Gasteiger partial charge in [0.2, 0.25) is 0 Å². The van der Waals surface area contributed by atoms with Gasteiger partial charge in [0.25, 0.3) is 0 Å². The second-order valence-corrected chi connectivity index (χ2v) is 2.11. The molecule has 0 amide bonds. The van der Waals surface area contributed by atoms with E-state index < -0.39 is 0 Å². The summed E-state index contributed by atoms with van der Waals surface area (Å²) in [5.41, 5.74) is 5.26. The van der Waals surface area contributed by atoms with Gasteiger partial charge in [-0.05, 0) is 19.4 Å². The predicted octanol–water partition coefficient (Wildman–Crippen LogP) is 2.42. The normalized spacial score (nSPS) is 8.73. The lowest BCUT2D eigenvalue weighted by atomic mass is 10.4. The topological polar surface area (TPSA) is 35.2 Å². The smallest absolute Gasteiger partial charge is 0.0478 e. The Labute approximate surface area is 72.6 Å². The van der Waals surface area contributed by atoms with Gasteiger partial charge in [-0.2, -0.15) is 0 Å². The van der Waals surface area contributed by atoms with E-state index >= 15 is 0 Å². The molecular weight excluding hydrogens is 138 g/mol. The Morgan fingerprint density at radius 1 is 1.18 bits per heavy atom. The van der Waals surface area contributed by atoms with Crippen molar-refractivity contribution in [2.45, 2.75) is 40.0 Å². The van der Waals surface area contributed by atoms with Gasteiger partial charge in [-0.25, -0.2) is 0 Å². The van der Waals surface area contributed by atoms with Crippen LogP contribution in [0.1, 0.15) is 41.5 Å². The highest BCUT2D eigenvalue weighted by Gasteiger charge is 1.84. The molecule has 0 heterocycles. The summed E-state index contributed by atoms with van der Waals surface area (Å²) in [6.07, 6.45) is 3.37. The van der Waals surface area contributed by atoms with E-state index in [2.05, 4.69) is 6.92 Å². The van der Waals surface area contributed by atoms with Gasteiger partial charge >= 0.3 is 0 Å². The summed E-state index contributed by atoms with van der Waals surface area (Å²) in [6, 6.07) is 0. The molecule has 0 rings (SSSR count). The molecule has 0 saturated carbocycles. The zero-order valence-electron chi connectivity index (χ0n) is 8.23. The third-order valence-corrected chi connectivity index (χ3v) is 1.14. The van der Waals surface area contributed by atoms with E-state index in [9.17, 15) is 0 Å². The second kappa shape index (κ2) is 16.5. The zero-order valence-corrected chi connectivity index (χ0v) is 8.23. The van der Waals surface area contributed by atoms with Crippen LogP contribution in [0.4, 0.5) is 0 Å².